The van der Waals surface area contributed by atoms with Crippen molar-refractivity contribution in [2.45, 2.75) is 6.04 Å². The van der Waals surface area contributed by atoms with Crippen LogP contribution in [0.1, 0.15) is 17.2 Å². The SMILES string of the molecule is COc1cc([C@@H]2c3c(-c4cccc([N+](=O)[O-])c4)n[nH]c(=O)c3Nc3nnnn32)ccc1O. The number of nitrogens with zero attached hydrogens (tertiary/aromatic N) is 6. The van der Waals surface area contributed by atoms with E-state index in [-0.39, 0.29) is 28.8 Å². The first-order valence-corrected chi connectivity index (χ1v) is 9.27. The number of nitro groups is 1. The third-order valence-electron chi connectivity index (χ3n) is 5.12. The Kier molecular flexibility index (Phi) is 4.29. The Morgan fingerprint density at radius 1 is 1.25 bits per heavy atom. The Balaban J connectivity index is 1.80. The summed E-state index contributed by atoms with van der Waals surface area (Å²) in [5.74, 6) is 0.369. The fourth-order valence-corrected chi connectivity index (χ4v) is 3.70. The minimum atomic E-state index is -0.741. The summed E-state index contributed by atoms with van der Waals surface area (Å²) in [5, 5.41) is 42.5. The van der Waals surface area contributed by atoms with E-state index in [1.807, 2.05) is 0 Å². The molecule has 0 spiro atoms. The quantitative estimate of drug-likeness (QED) is 0.279. The number of phenols is 1. The fraction of sp³-hybridized carbons (Fsp3) is 0.105. The molecule has 1 aliphatic rings. The van der Waals surface area contributed by atoms with Crippen molar-refractivity contribution in [2.24, 2.45) is 0 Å². The number of anilines is 2. The maximum absolute atomic E-state index is 12.7. The molecular weight excluding hydrogens is 420 g/mol. The van der Waals surface area contributed by atoms with E-state index < -0.39 is 16.5 Å². The molecule has 5 rings (SSSR count). The number of methoxy groups -OCH3 is 1. The van der Waals surface area contributed by atoms with Crippen molar-refractivity contribution >= 4 is 17.3 Å². The number of aromatic hydroxyl groups is 1. The average Bonchev–Trinajstić information content (AvgIpc) is 3.27. The zero-order valence-corrected chi connectivity index (χ0v) is 16.4. The Morgan fingerprint density at radius 3 is 2.88 bits per heavy atom. The molecule has 13 heteroatoms. The van der Waals surface area contributed by atoms with Gasteiger partial charge in [0.25, 0.3) is 11.2 Å². The second-order valence-corrected chi connectivity index (χ2v) is 6.90. The van der Waals surface area contributed by atoms with Gasteiger partial charge in [-0.2, -0.15) is 9.78 Å². The van der Waals surface area contributed by atoms with Crippen LogP contribution in [0.15, 0.2) is 47.3 Å². The lowest BCUT2D eigenvalue weighted by Crippen LogP contribution is -2.29. The Hall–Kier alpha value is -4.81. The van der Waals surface area contributed by atoms with Crippen molar-refractivity contribution in [3.63, 3.8) is 0 Å². The molecule has 3 heterocycles. The third kappa shape index (κ3) is 2.91. The van der Waals surface area contributed by atoms with Crippen LogP contribution in [0.4, 0.5) is 17.3 Å². The Labute approximate surface area is 178 Å². The lowest BCUT2D eigenvalue weighted by Gasteiger charge is -2.28. The third-order valence-corrected chi connectivity index (χ3v) is 5.12. The van der Waals surface area contributed by atoms with Crippen molar-refractivity contribution in [1.82, 2.24) is 30.4 Å². The second-order valence-electron chi connectivity index (χ2n) is 6.90. The number of fused-ring (bicyclic) bond motifs is 2. The van der Waals surface area contributed by atoms with Crippen LogP contribution in [-0.4, -0.2) is 47.5 Å². The summed E-state index contributed by atoms with van der Waals surface area (Å²) in [6, 6.07) is 9.86. The van der Waals surface area contributed by atoms with E-state index in [0.29, 0.717) is 22.4 Å². The van der Waals surface area contributed by atoms with Gasteiger partial charge in [0, 0.05) is 23.3 Å². The van der Waals surface area contributed by atoms with Crippen LogP contribution in [0.5, 0.6) is 11.5 Å². The van der Waals surface area contributed by atoms with Gasteiger partial charge in [-0.1, -0.05) is 23.3 Å². The zero-order chi connectivity index (χ0) is 22.4. The fourth-order valence-electron chi connectivity index (χ4n) is 3.70. The molecule has 1 aliphatic heterocycles. The molecule has 2 aromatic carbocycles. The van der Waals surface area contributed by atoms with Gasteiger partial charge in [0.05, 0.1) is 17.7 Å². The summed E-state index contributed by atoms with van der Waals surface area (Å²) < 4.78 is 6.68. The topological polar surface area (TPSA) is 174 Å². The van der Waals surface area contributed by atoms with E-state index in [4.69, 9.17) is 4.74 Å². The van der Waals surface area contributed by atoms with E-state index in [0.717, 1.165) is 0 Å². The van der Waals surface area contributed by atoms with Gasteiger partial charge >= 0.3 is 0 Å². The molecule has 4 aromatic rings. The normalized spacial score (nSPS) is 14.2. The van der Waals surface area contributed by atoms with Gasteiger partial charge in [0.1, 0.15) is 11.7 Å². The number of hydrogen-bond donors (Lipinski definition) is 3. The number of tetrazole rings is 1. The molecule has 0 amide bonds. The number of hydrogen-bond acceptors (Lipinski definition) is 10. The molecule has 2 aromatic heterocycles. The molecule has 0 saturated heterocycles. The number of non-ortho nitro benzene ring substituents is 1. The Bertz CT molecular complexity index is 1430. The summed E-state index contributed by atoms with van der Waals surface area (Å²) in [4.78, 5) is 23.5. The maximum Gasteiger partial charge on any atom is 0.288 e. The van der Waals surface area contributed by atoms with E-state index in [1.165, 1.54) is 36.1 Å². The number of nitrogens with one attached hydrogen (secondary N) is 2. The highest BCUT2D eigenvalue weighted by molar-refractivity contribution is 5.76. The largest absolute Gasteiger partial charge is 0.504 e. The monoisotopic (exact) mass is 434 g/mol. The number of phenolic OH excluding ortho intramolecular Hbond substituents is 1. The maximum atomic E-state index is 12.7. The molecule has 0 radical (unpaired) electrons. The highest BCUT2D eigenvalue weighted by Gasteiger charge is 2.35. The van der Waals surface area contributed by atoms with Gasteiger partial charge in [-0.15, -0.1) is 0 Å². The van der Waals surface area contributed by atoms with Crippen LogP contribution in [-0.2, 0) is 0 Å². The predicted octanol–water partition coefficient (Wildman–Crippen LogP) is 1.74. The number of aromatic amines is 1. The lowest BCUT2D eigenvalue weighted by atomic mass is 9.92. The molecule has 0 unspecified atom stereocenters. The van der Waals surface area contributed by atoms with Crippen LogP contribution < -0.4 is 15.6 Å². The van der Waals surface area contributed by atoms with Crippen LogP contribution in [0.2, 0.25) is 0 Å². The van der Waals surface area contributed by atoms with Crippen LogP contribution in [0.3, 0.4) is 0 Å². The van der Waals surface area contributed by atoms with Gasteiger partial charge in [-0.3, -0.25) is 14.9 Å². The molecule has 3 N–H and O–H groups in total. The highest BCUT2D eigenvalue weighted by Crippen LogP contribution is 2.43. The lowest BCUT2D eigenvalue weighted by molar-refractivity contribution is -0.384. The summed E-state index contributed by atoms with van der Waals surface area (Å²) in [5.41, 5.74) is 1.23. The molecule has 1 atom stereocenters. The number of rotatable bonds is 4. The van der Waals surface area contributed by atoms with Gasteiger partial charge in [-0.25, -0.2) is 5.10 Å². The average molecular weight is 434 g/mol. The summed E-state index contributed by atoms with van der Waals surface area (Å²) in [7, 11) is 1.42. The summed E-state index contributed by atoms with van der Waals surface area (Å²) >= 11 is 0. The first kappa shape index (κ1) is 19.2. The van der Waals surface area contributed by atoms with Crippen LogP contribution >= 0.6 is 0 Å². The van der Waals surface area contributed by atoms with Crippen molar-refractivity contribution in [1.29, 1.82) is 0 Å². The standard InChI is InChI=1S/C19H14N8O5/c1-32-13-8-10(5-6-12(13)28)17-14-15(9-3-2-4-11(7-9)27(30)31)21-22-18(29)16(14)20-19-23-24-25-26(17)19/h2-8,17,28H,1H3,(H,22,29)(H,20,23,25)/t17-/m1/s1. The molecule has 160 valence electrons. The molecule has 0 aliphatic carbocycles. The number of nitro benzene ring substituents is 1. The molecule has 13 nitrogen and oxygen atoms in total. The van der Waals surface area contributed by atoms with Gasteiger partial charge in [0.15, 0.2) is 11.5 Å². The molecule has 0 saturated carbocycles. The van der Waals surface area contributed by atoms with E-state index in [2.05, 4.69) is 31.0 Å². The van der Waals surface area contributed by atoms with Crippen molar-refractivity contribution in [3.8, 4) is 22.8 Å². The molecule has 0 bridgehead atoms. The summed E-state index contributed by atoms with van der Waals surface area (Å²) in [6.07, 6.45) is 0. The number of ether oxygens (including phenoxy) is 1. The summed E-state index contributed by atoms with van der Waals surface area (Å²) in [6.45, 7) is 0. The first-order valence-electron chi connectivity index (χ1n) is 9.27. The Morgan fingerprint density at radius 2 is 2.09 bits per heavy atom. The van der Waals surface area contributed by atoms with Gasteiger partial charge in [0.2, 0.25) is 5.95 Å². The van der Waals surface area contributed by atoms with E-state index >= 15 is 0 Å². The minimum absolute atomic E-state index is 0.0645. The minimum Gasteiger partial charge on any atom is -0.504 e. The second kappa shape index (κ2) is 7.16. The number of benzene rings is 2. The van der Waals surface area contributed by atoms with Gasteiger partial charge < -0.3 is 15.2 Å². The van der Waals surface area contributed by atoms with Crippen LogP contribution in [0.25, 0.3) is 11.3 Å². The predicted molar refractivity (Wildman–Crippen MR) is 110 cm³/mol. The van der Waals surface area contributed by atoms with Crippen molar-refractivity contribution in [2.75, 3.05) is 12.4 Å². The number of H-pyrrole nitrogens is 1. The van der Waals surface area contributed by atoms with Crippen molar-refractivity contribution < 1.29 is 14.8 Å². The smallest absolute Gasteiger partial charge is 0.288 e. The van der Waals surface area contributed by atoms with Gasteiger partial charge in [-0.05, 0) is 28.1 Å². The molecule has 0 fully saturated rings. The first-order chi connectivity index (χ1) is 15.5. The van der Waals surface area contributed by atoms with Crippen molar-refractivity contribution in [3.05, 3.63) is 74.1 Å². The van der Waals surface area contributed by atoms with E-state index in [9.17, 15) is 20.0 Å². The highest BCUT2D eigenvalue weighted by atomic mass is 16.6. The number of aromatic nitrogens is 6. The van der Waals surface area contributed by atoms with Crippen LogP contribution in [0, 0.1) is 10.1 Å². The zero-order valence-electron chi connectivity index (χ0n) is 16.4. The molecular formula is C19H14N8O5. The molecule has 32 heavy (non-hydrogen) atoms. The van der Waals surface area contributed by atoms with E-state index in [1.54, 1.807) is 18.2 Å².